The zero-order valence-electron chi connectivity index (χ0n) is 18.7. The van der Waals surface area contributed by atoms with Crippen LogP contribution in [0, 0.1) is 5.92 Å². The number of piperazine rings is 1. The first-order valence-electron chi connectivity index (χ1n) is 11.1. The number of rotatable bonds is 8. The molecule has 0 spiro atoms. The van der Waals surface area contributed by atoms with Crippen molar-refractivity contribution in [1.82, 2.24) is 25.1 Å². The number of methoxy groups -OCH3 is 1. The van der Waals surface area contributed by atoms with E-state index in [1.54, 1.807) is 7.11 Å². The maximum Gasteiger partial charge on any atom is 0.168 e. The summed E-state index contributed by atoms with van der Waals surface area (Å²) in [5.74, 6) is 2.29. The number of benzene rings is 2. The first-order chi connectivity index (χ1) is 15.2. The van der Waals surface area contributed by atoms with E-state index in [4.69, 9.17) is 4.74 Å². The van der Waals surface area contributed by atoms with Gasteiger partial charge in [0, 0.05) is 38.4 Å². The fourth-order valence-corrected chi connectivity index (χ4v) is 4.40. The van der Waals surface area contributed by atoms with E-state index in [1.165, 1.54) is 11.3 Å². The van der Waals surface area contributed by atoms with Crippen LogP contribution in [0.25, 0.3) is 0 Å². The Morgan fingerprint density at radius 3 is 2.29 bits per heavy atom. The highest BCUT2D eigenvalue weighted by molar-refractivity contribution is 5.49. The van der Waals surface area contributed by atoms with Crippen molar-refractivity contribution in [1.29, 1.82) is 0 Å². The van der Waals surface area contributed by atoms with Crippen LogP contribution in [0.3, 0.4) is 0 Å². The Bertz CT molecular complexity index is 932. The molecule has 1 aliphatic heterocycles. The van der Waals surface area contributed by atoms with Crippen LogP contribution in [0.1, 0.15) is 31.3 Å². The van der Waals surface area contributed by atoms with Crippen molar-refractivity contribution in [2.45, 2.75) is 32.9 Å². The van der Waals surface area contributed by atoms with Crippen molar-refractivity contribution in [3.05, 3.63) is 66.0 Å². The molecule has 7 heteroatoms. The molecule has 1 aliphatic rings. The number of hydrogen-bond acceptors (Lipinski definition) is 6. The second-order valence-corrected chi connectivity index (χ2v) is 8.41. The van der Waals surface area contributed by atoms with Crippen molar-refractivity contribution in [2.24, 2.45) is 5.92 Å². The monoisotopic (exact) mass is 420 g/mol. The molecule has 2 aromatic carbocycles. The van der Waals surface area contributed by atoms with Crippen LogP contribution >= 0.6 is 0 Å². The van der Waals surface area contributed by atoms with Crippen molar-refractivity contribution >= 4 is 5.69 Å². The lowest BCUT2D eigenvalue weighted by Crippen LogP contribution is -2.49. The molecule has 1 aromatic heterocycles. The molecule has 164 valence electrons. The number of anilines is 1. The number of ether oxygens (including phenoxy) is 1. The molecule has 1 saturated heterocycles. The maximum atomic E-state index is 5.28. The number of tetrazole rings is 1. The number of hydrogen-bond donors (Lipinski definition) is 0. The second-order valence-electron chi connectivity index (χ2n) is 8.41. The van der Waals surface area contributed by atoms with Gasteiger partial charge in [0.1, 0.15) is 5.75 Å². The zero-order valence-corrected chi connectivity index (χ0v) is 18.7. The van der Waals surface area contributed by atoms with Crippen LogP contribution in [0.4, 0.5) is 5.69 Å². The molecule has 3 aromatic rings. The van der Waals surface area contributed by atoms with Gasteiger partial charge in [-0.25, -0.2) is 4.68 Å². The third-order valence-corrected chi connectivity index (χ3v) is 6.06. The molecule has 2 heterocycles. The van der Waals surface area contributed by atoms with E-state index < -0.39 is 0 Å². The Kier molecular flexibility index (Phi) is 6.82. The summed E-state index contributed by atoms with van der Waals surface area (Å²) in [6.07, 6.45) is 0.926. The SMILES string of the molecule is COc1ccc(N2CCN([C@@H](c3nnnn3CCc3ccccc3)C(C)C)CC2)cc1. The van der Waals surface area contributed by atoms with Gasteiger partial charge in [-0.15, -0.1) is 5.10 Å². The molecule has 0 amide bonds. The van der Waals surface area contributed by atoms with E-state index in [0.717, 1.165) is 50.7 Å². The molecular weight excluding hydrogens is 388 g/mol. The normalized spacial score (nSPS) is 15.9. The van der Waals surface area contributed by atoms with Crippen LogP contribution < -0.4 is 9.64 Å². The molecule has 31 heavy (non-hydrogen) atoms. The van der Waals surface area contributed by atoms with Crippen LogP contribution in [0.5, 0.6) is 5.75 Å². The minimum atomic E-state index is 0.212. The number of aryl methyl sites for hydroxylation is 2. The summed E-state index contributed by atoms with van der Waals surface area (Å²) in [7, 11) is 1.70. The van der Waals surface area contributed by atoms with Crippen LogP contribution in [-0.4, -0.2) is 58.4 Å². The summed E-state index contributed by atoms with van der Waals surface area (Å²) in [5.41, 5.74) is 2.55. The van der Waals surface area contributed by atoms with E-state index >= 15 is 0 Å². The predicted molar refractivity (Wildman–Crippen MR) is 122 cm³/mol. The lowest BCUT2D eigenvalue weighted by atomic mass is 10.0. The van der Waals surface area contributed by atoms with Gasteiger partial charge in [0.05, 0.1) is 13.2 Å². The fraction of sp³-hybridized carbons (Fsp3) is 0.458. The number of aromatic nitrogens is 4. The highest BCUT2D eigenvalue weighted by Crippen LogP contribution is 2.29. The summed E-state index contributed by atoms with van der Waals surface area (Å²) in [5, 5.41) is 12.8. The molecule has 0 bridgehead atoms. The van der Waals surface area contributed by atoms with E-state index in [9.17, 15) is 0 Å². The van der Waals surface area contributed by atoms with Gasteiger partial charge in [0.15, 0.2) is 5.82 Å². The van der Waals surface area contributed by atoms with Gasteiger partial charge < -0.3 is 9.64 Å². The van der Waals surface area contributed by atoms with Gasteiger partial charge in [-0.05, 0) is 52.6 Å². The van der Waals surface area contributed by atoms with Gasteiger partial charge in [-0.2, -0.15) is 0 Å². The molecule has 7 nitrogen and oxygen atoms in total. The van der Waals surface area contributed by atoms with Crippen LogP contribution in [0.2, 0.25) is 0 Å². The molecule has 0 aliphatic carbocycles. The van der Waals surface area contributed by atoms with Gasteiger partial charge in [-0.3, -0.25) is 4.90 Å². The Labute approximate surface area is 184 Å². The summed E-state index contributed by atoms with van der Waals surface area (Å²) >= 11 is 0. The topological polar surface area (TPSA) is 59.3 Å². The second kappa shape index (κ2) is 9.92. The average molecular weight is 421 g/mol. The lowest BCUT2D eigenvalue weighted by molar-refractivity contribution is 0.134. The van der Waals surface area contributed by atoms with Gasteiger partial charge in [0.25, 0.3) is 0 Å². The first-order valence-corrected chi connectivity index (χ1v) is 11.1. The highest BCUT2D eigenvalue weighted by Gasteiger charge is 2.31. The van der Waals surface area contributed by atoms with Crippen molar-refractivity contribution in [3.63, 3.8) is 0 Å². The summed E-state index contributed by atoms with van der Waals surface area (Å²) in [4.78, 5) is 4.97. The zero-order chi connectivity index (χ0) is 21.6. The molecule has 1 fully saturated rings. The van der Waals surface area contributed by atoms with E-state index in [1.807, 2.05) is 22.9 Å². The smallest absolute Gasteiger partial charge is 0.168 e. The van der Waals surface area contributed by atoms with Gasteiger partial charge >= 0.3 is 0 Å². The molecule has 4 rings (SSSR count). The Morgan fingerprint density at radius 2 is 1.65 bits per heavy atom. The average Bonchev–Trinajstić information content (AvgIpc) is 3.27. The fourth-order valence-electron chi connectivity index (χ4n) is 4.40. The van der Waals surface area contributed by atoms with Crippen LogP contribution in [0.15, 0.2) is 54.6 Å². The van der Waals surface area contributed by atoms with Crippen molar-refractivity contribution in [3.8, 4) is 5.75 Å². The first kappa shape index (κ1) is 21.3. The maximum absolute atomic E-state index is 5.28. The minimum Gasteiger partial charge on any atom is -0.497 e. The van der Waals surface area contributed by atoms with E-state index in [-0.39, 0.29) is 6.04 Å². The quantitative estimate of drug-likeness (QED) is 0.556. The molecule has 0 unspecified atom stereocenters. The van der Waals surface area contributed by atoms with Crippen molar-refractivity contribution < 1.29 is 4.74 Å². The van der Waals surface area contributed by atoms with Crippen LogP contribution in [-0.2, 0) is 13.0 Å². The van der Waals surface area contributed by atoms with Crippen molar-refractivity contribution in [2.75, 3.05) is 38.2 Å². The lowest BCUT2D eigenvalue weighted by Gasteiger charge is -2.41. The molecule has 0 N–H and O–H groups in total. The van der Waals surface area contributed by atoms with Gasteiger partial charge in [0.2, 0.25) is 0 Å². The molecule has 1 atom stereocenters. The summed E-state index contributed by atoms with van der Waals surface area (Å²) in [6.45, 7) is 9.26. The van der Waals surface area contributed by atoms with E-state index in [0.29, 0.717) is 5.92 Å². The summed E-state index contributed by atoms with van der Waals surface area (Å²) < 4.78 is 7.28. The Hall–Kier alpha value is -2.93. The van der Waals surface area contributed by atoms with E-state index in [2.05, 4.69) is 75.6 Å². The Morgan fingerprint density at radius 1 is 0.935 bits per heavy atom. The molecule has 0 radical (unpaired) electrons. The molecule has 0 saturated carbocycles. The predicted octanol–water partition coefficient (Wildman–Crippen LogP) is 3.44. The highest BCUT2D eigenvalue weighted by atomic mass is 16.5. The standard InChI is InChI=1S/C24H32N6O/c1-19(2)23(24-25-26-27-30(24)14-13-20-7-5-4-6-8-20)29-17-15-28(16-18-29)21-9-11-22(31-3)12-10-21/h4-12,19,23H,13-18H2,1-3H3/t23-/m1/s1. The Balaban J connectivity index is 1.42. The largest absolute Gasteiger partial charge is 0.497 e. The third kappa shape index (κ3) is 5.05. The minimum absolute atomic E-state index is 0.212. The number of nitrogens with zero attached hydrogens (tertiary/aromatic N) is 6. The third-order valence-electron chi connectivity index (χ3n) is 6.06. The molecular formula is C24H32N6O. The van der Waals surface area contributed by atoms with Gasteiger partial charge in [-0.1, -0.05) is 44.2 Å². The summed E-state index contributed by atoms with van der Waals surface area (Å²) in [6, 6.07) is 19.1.